The number of nitrogens with zero attached hydrogens (tertiary/aromatic N) is 1. The Balaban J connectivity index is 1.73. The van der Waals surface area contributed by atoms with Crippen molar-refractivity contribution in [3.63, 3.8) is 0 Å². The third kappa shape index (κ3) is 3.58. The molecule has 10 heteroatoms. The normalized spacial score (nSPS) is 24.9. The van der Waals surface area contributed by atoms with E-state index in [1.165, 1.54) is 6.26 Å². The molecule has 2 aromatic rings. The Labute approximate surface area is 218 Å². The number of phenols is 1. The summed E-state index contributed by atoms with van der Waals surface area (Å²) in [4.78, 5) is 40.2. The van der Waals surface area contributed by atoms with E-state index in [-0.39, 0.29) is 36.1 Å². The molecular formula is C28H30N2O8. The number of hydrogen-bond donors (Lipinski definition) is 5. The smallest absolute Gasteiger partial charge is 0.255 e. The van der Waals surface area contributed by atoms with Gasteiger partial charge in [-0.1, -0.05) is 13.8 Å². The maximum Gasteiger partial charge on any atom is 0.255 e. The minimum absolute atomic E-state index is 0.0791. The molecule has 10 nitrogen and oxygen atoms in total. The summed E-state index contributed by atoms with van der Waals surface area (Å²) < 4.78 is 5.30. The third-order valence-corrected chi connectivity index (χ3v) is 8.26. The number of carbonyl (C=O) groups is 3. The number of aromatic hydroxyl groups is 1. The monoisotopic (exact) mass is 522 g/mol. The molecule has 0 bridgehead atoms. The Kier molecular flexibility index (Phi) is 6.19. The van der Waals surface area contributed by atoms with Crippen molar-refractivity contribution in [3.05, 3.63) is 58.3 Å². The van der Waals surface area contributed by atoms with Crippen LogP contribution >= 0.6 is 0 Å². The standard InChI is InChI=1S/C28H30N2O8/c1-3-30(4-2)11-15-9-17(13-5-6-38-12-13)18-8-14-7-16-10-19(31)22(27(29)36)26(35)28(16,37)25(34)20(14)24(33)21(18)23(15)32/h5-6,9,12,14,16,32-33,35,37H,3-4,7-8,10-11H2,1-2H3,(H2,29,36)/t14-,16+,28+/m1/s1. The molecule has 3 aliphatic carbocycles. The Hall–Kier alpha value is -3.89. The second-order valence-corrected chi connectivity index (χ2v) is 10.2. The van der Waals surface area contributed by atoms with Gasteiger partial charge in [0.2, 0.25) is 5.78 Å². The Morgan fingerprint density at radius 2 is 1.89 bits per heavy atom. The van der Waals surface area contributed by atoms with Crippen LogP contribution in [0.1, 0.15) is 43.4 Å². The van der Waals surface area contributed by atoms with E-state index in [1.54, 1.807) is 12.3 Å². The number of ketones is 2. The minimum atomic E-state index is -2.59. The minimum Gasteiger partial charge on any atom is -0.508 e. The molecule has 3 atom stereocenters. The van der Waals surface area contributed by atoms with Gasteiger partial charge in [0.05, 0.1) is 18.1 Å². The lowest BCUT2D eigenvalue weighted by molar-refractivity contribution is -0.147. The summed E-state index contributed by atoms with van der Waals surface area (Å²) in [7, 11) is 0. The molecule has 0 aliphatic heterocycles. The molecule has 0 saturated heterocycles. The molecule has 1 amide bonds. The molecule has 1 aromatic heterocycles. The van der Waals surface area contributed by atoms with Crippen molar-refractivity contribution in [1.82, 2.24) is 4.90 Å². The highest BCUT2D eigenvalue weighted by atomic mass is 16.3. The van der Waals surface area contributed by atoms with Gasteiger partial charge in [-0.25, -0.2) is 0 Å². The number of nitrogens with two attached hydrogens (primary N) is 1. The van der Waals surface area contributed by atoms with Crippen LogP contribution in [0.5, 0.6) is 5.75 Å². The molecule has 200 valence electrons. The van der Waals surface area contributed by atoms with Crippen LogP contribution in [0.15, 0.2) is 46.0 Å². The fourth-order valence-electron chi connectivity index (χ4n) is 6.23. The number of Topliss-reactive ketones (excluding diaryl/α,β-unsaturated/α-hetero) is 2. The number of fused-ring (bicyclic) bond motifs is 3. The first-order valence-corrected chi connectivity index (χ1v) is 12.6. The van der Waals surface area contributed by atoms with Crippen LogP contribution in [-0.2, 0) is 27.3 Å². The van der Waals surface area contributed by atoms with Crippen LogP contribution in [-0.4, -0.2) is 61.5 Å². The van der Waals surface area contributed by atoms with Gasteiger partial charge in [0.15, 0.2) is 11.4 Å². The van der Waals surface area contributed by atoms with Crippen LogP contribution in [0, 0.1) is 11.8 Å². The van der Waals surface area contributed by atoms with E-state index in [0.717, 1.165) is 24.2 Å². The second kappa shape index (κ2) is 9.14. The van der Waals surface area contributed by atoms with Crippen molar-refractivity contribution in [3.8, 4) is 16.9 Å². The first kappa shape index (κ1) is 25.7. The van der Waals surface area contributed by atoms with Crippen molar-refractivity contribution in [2.45, 2.75) is 45.3 Å². The molecular weight excluding hydrogens is 492 g/mol. The molecule has 1 heterocycles. The molecule has 38 heavy (non-hydrogen) atoms. The zero-order valence-corrected chi connectivity index (χ0v) is 21.2. The number of aliphatic hydroxyl groups is 3. The lowest BCUT2D eigenvalue weighted by Gasteiger charge is -2.46. The highest BCUT2D eigenvalue weighted by Crippen LogP contribution is 2.53. The van der Waals surface area contributed by atoms with Crippen LogP contribution in [0.2, 0.25) is 0 Å². The van der Waals surface area contributed by atoms with Gasteiger partial charge in [0, 0.05) is 35.6 Å². The van der Waals surface area contributed by atoms with Gasteiger partial charge in [-0.15, -0.1) is 0 Å². The van der Waals surface area contributed by atoms with Gasteiger partial charge < -0.3 is 30.6 Å². The molecule has 0 radical (unpaired) electrons. The molecule has 1 fully saturated rings. The predicted molar refractivity (Wildman–Crippen MR) is 136 cm³/mol. The van der Waals surface area contributed by atoms with Crippen LogP contribution in [0.3, 0.4) is 0 Å². The van der Waals surface area contributed by atoms with E-state index in [9.17, 15) is 34.8 Å². The summed E-state index contributed by atoms with van der Waals surface area (Å²) in [5, 5.41) is 45.1. The van der Waals surface area contributed by atoms with Gasteiger partial charge in [0.25, 0.3) is 5.91 Å². The quantitative estimate of drug-likeness (QED) is 0.357. The van der Waals surface area contributed by atoms with Crippen LogP contribution in [0.25, 0.3) is 16.9 Å². The highest BCUT2D eigenvalue weighted by Gasteiger charge is 2.60. The molecule has 5 rings (SSSR count). The molecule has 3 aliphatic rings. The summed E-state index contributed by atoms with van der Waals surface area (Å²) in [6.07, 6.45) is 3.03. The number of primary amides is 1. The van der Waals surface area contributed by atoms with Crippen molar-refractivity contribution in [1.29, 1.82) is 0 Å². The molecule has 0 unspecified atom stereocenters. The first-order valence-electron chi connectivity index (χ1n) is 12.6. The van der Waals surface area contributed by atoms with Gasteiger partial charge in [-0.2, -0.15) is 0 Å². The van der Waals surface area contributed by atoms with Crippen LogP contribution < -0.4 is 5.73 Å². The van der Waals surface area contributed by atoms with Crippen molar-refractivity contribution < 1.29 is 39.2 Å². The molecule has 0 spiro atoms. The predicted octanol–water partition coefficient (Wildman–Crippen LogP) is 2.53. The van der Waals surface area contributed by atoms with Crippen molar-refractivity contribution >= 4 is 23.2 Å². The van der Waals surface area contributed by atoms with Gasteiger partial charge in [-0.3, -0.25) is 19.3 Å². The number of phenolic OH excluding ortho intramolecular Hbond substituents is 1. The number of carbonyl (C=O) groups excluding carboxylic acids is 3. The lowest BCUT2D eigenvalue weighted by Crippen LogP contribution is -2.58. The zero-order valence-electron chi connectivity index (χ0n) is 21.2. The molecule has 6 N–H and O–H groups in total. The summed E-state index contributed by atoms with van der Waals surface area (Å²) in [6, 6.07) is 3.62. The van der Waals surface area contributed by atoms with E-state index < -0.39 is 52.0 Å². The maximum absolute atomic E-state index is 13.8. The largest absolute Gasteiger partial charge is 0.508 e. The summed E-state index contributed by atoms with van der Waals surface area (Å²) in [5.74, 6) is -6.38. The number of aliphatic hydroxyl groups excluding tert-OH is 2. The first-order chi connectivity index (χ1) is 18.0. The fourth-order valence-corrected chi connectivity index (χ4v) is 6.23. The number of benzene rings is 1. The van der Waals surface area contributed by atoms with E-state index >= 15 is 0 Å². The highest BCUT2D eigenvalue weighted by molar-refractivity contribution is 6.22. The number of furan rings is 1. The SMILES string of the molecule is CCN(CC)Cc1cc(-c2ccoc2)c2c(c1O)C(O)=C1C(=O)[C@]3(O)C(O)=C(C(N)=O)C(=O)C[C@@H]3C[C@@H]1C2. The average Bonchev–Trinajstić information content (AvgIpc) is 3.40. The summed E-state index contributed by atoms with van der Waals surface area (Å²) >= 11 is 0. The summed E-state index contributed by atoms with van der Waals surface area (Å²) in [5.41, 5.74) is 4.39. The second-order valence-electron chi connectivity index (χ2n) is 10.2. The van der Waals surface area contributed by atoms with Gasteiger partial charge in [-0.05, 0) is 55.1 Å². The van der Waals surface area contributed by atoms with Crippen molar-refractivity contribution in [2.24, 2.45) is 17.6 Å². The average molecular weight is 523 g/mol. The molecule has 1 aromatic carbocycles. The Bertz CT molecular complexity index is 1420. The van der Waals surface area contributed by atoms with E-state index in [0.29, 0.717) is 17.7 Å². The molecule has 1 saturated carbocycles. The van der Waals surface area contributed by atoms with Gasteiger partial charge in [0.1, 0.15) is 22.8 Å². The Morgan fingerprint density at radius 1 is 1.18 bits per heavy atom. The lowest BCUT2D eigenvalue weighted by atomic mass is 9.59. The third-order valence-electron chi connectivity index (χ3n) is 8.26. The fraction of sp³-hybridized carbons (Fsp3) is 0.393. The topological polar surface area (TPSA) is 175 Å². The van der Waals surface area contributed by atoms with E-state index in [1.807, 2.05) is 19.9 Å². The summed E-state index contributed by atoms with van der Waals surface area (Å²) in [6.45, 7) is 5.82. The maximum atomic E-state index is 13.8. The Morgan fingerprint density at radius 3 is 2.50 bits per heavy atom. The number of hydrogen-bond acceptors (Lipinski definition) is 9. The number of amides is 1. The van der Waals surface area contributed by atoms with E-state index in [2.05, 4.69) is 4.90 Å². The van der Waals surface area contributed by atoms with Gasteiger partial charge >= 0.3 is 0 Å². The van der Waals surface area contributed by atoms with Crippen molar-refractivity contribution in [2.75, 3.05) is 13.1 Å². The zero-order chi connectivity index (χ0) is 27.5. The van der Waals surface area contributed by atoms with Crippen LogP contribution in [0.4, 0.5) is 0 Å². The van der Waals surface area contributed by atoms with E-state index in [4.69, 9.17) is 10.2 Å². The number of rotatable bonds is 6.